The molecule has 5 heteroatoms. The number of aromatic nitrogens is 3. The number of hydrogen-bond donors (Lipinski definition) is 1. The van der Waals surface area contributed by atoms with E-state index in [0.29, 0.717) is 12.0 Å². The number of ether oxygens (including phenoxy) is 1. The van der Waals surface area contributed by atoms with Crippen molar-refractivity contribution in [2.24, 2.45) is 0 Å². The Labute approximate surface area is 64.8 Å². The van der Waals surface area contributed by atoms with Gasteiger partial charge in [-0.05, 0) is 6.92 Å². The summed E-state index contributed by atoms with van der Waals surface area (Å²) in [7, 11) is 1.52. The maximum atomic E-state index is 4.80. The molecule has 1 rings (SSSR count). The summed E-state index contributed by atoms with van der Waals surface area (Å²) in [4.78, 5) is 11.5. The van der Waals surface area contributed by atoms with E-state index in [1.54, 1.807) is 0 Å². The Morgan fingerprint density at radius 3 is 3.00 bits per heavy atom. The van der Waals surface area contributed by atoms with E-state index in [9.17, 15) is 0 Å². The standard InChI is InChI=1S/C6H10N4O/c1-3-7-5-8-4-9-6(10-5)11-2/h4H,3H2,1-2H3,(H,7,8,9,10). The second kappa shape index (κ2) is 3.70. The van der Waals surface area contributed by atoms with Crippen molar-refractivity contribution in [1.29, 1.82) is 0 Å². The monoisotopic (exact) mass is 154 g/mol. The maximum Gasteiger partial charge on any atom is 0.320 e. The summed E-state index contributed by atoms with van der Waals surface area (Å²) in [6, 6.07) is 0.330. The summed E-state index contributed by atoms with van der Waals surface area (Å²) >= 11 is 0. The van der Waals surface area contributed by atoms with Crippen molar-refractivity contribution >= 4 is 5.95 Å². The highest BCUT2D eigenvalue weighted by atomic mass is 16.5. The van der Waals surface area contributed by atoms with Crippen molar-refractivity contribution in [3.05, 3.63) is 6.33 Å². The van der Waals surface area contributed by atoms with Crippen LogP contribution >= 0.6 is 0 Å². The van der Waals surface area contributed by atoms with Crippen LogP contribution in [0.25, 0.3) is 0 Å². The summed E-state index contributed by atoms with van der Waals surface area (Å²) in [5.74, 6) is 0.541. The van der Waals surface area contributed by atoms with Gasteiger partial charge < -0.3 is 10.1 Å². The lowest BCUT2D eigenvalue weighted by Crippen LogP contribution is -2.03. The molecule has 0 spiro atoms. The topological polar surface area (TPSA) is 59.9 Å². The molecule has 1 aromatic rings. The van der Waals surface area contributed by atoms with Gasteiger partial charge in [-0.2, -0.15) is 9.97 Å². The first-order chi connectivity index (χ1) is 5.36. The van der Waals surface area contributed by atoms with Gasteiger partial charge >= 0.3 is 6.01 Å². The molecule has 60 valence electrons. The number of methoxy groups -OCH3 is 1. The van der Waals surface area contributed by atoms with Crippen LogP contribution in [-0.4, -0.2) is 28.6 Å². The molecule has 1 heterocycles. The summed E-state index contributed by atoms with van der Waals surface area (Å²) in [6.07, 6.45) is 1.41. The second-order valence-corrected chi connectivity index (χ2v) is 1.83. The predicted molar refractivity (Wildman–Crippen MR) is 40.5 cm³/mol. The van der Waals surface area contributed by atoms with Gasteiger partial charge in [0.1, 0.15) is 6.33 Å². The fourth-order valence-electron chi connectivity index (χ4n) is 0.623. The summed E-state index contributed by atoms with van der Waals surface area (Å²) in [5.41, 5.74) is 0. The van der Waals surface area contributed by atoms with Gasteiger partial charge in [-0.1, -0.05) is 0 Å². The molecule has 0 saturated carbocycles. The van der Waals surface area contributed by atoms with Gasteiger partial charge in [-0.25, -0.2) is 4.98 Å². The molecule has 0 saturated heterocycles. The first kappa shape index (κ1) is 7.71. The average Bonchev–Trinajstić information content (AvgIpc) is 2.06. The van der Waals surface area contributed by atoms with E-state index in [0.717, 1.165) is 6.54 Å². The zero-order valence-electron chi connectivity index (χ0n) is 6.53. The van der Waals surface area contributed by atoms with Gasteiger partial charge in [0, 0.05) is 6.54 Å². The average molecular weight is 154 g/mol. The van der Waals surface area contributed by atoms with Gasteiger partial charge in [-0.3, -0.25) is 0 Å². The lowest BCUT2D eigenvalue weighted by atomic mass is 10.7. The van der Waals surface area contributed by atoms with Gasteiger partial charge in [0.25, 0.3) is 0 Å². The molecule has 0 fully saturated rings. The minimum atomic E-state index is 0.330. The van der Waals surface area contributed by atoms with E-state index in [4.69, 9.17) is 4.74 Å². The normalized spacial score (nSPS) is 9.27. The SMILES string of the molecule is CCNc1ncnc(OC)n1. The minimum Gasteiger partial charge on any atom is -0.467 e. The Morgan fingerprint density at radius 2 is 2.36 bits per heavy atom. The molecule has 11 heavy (non-hydrogen) atoms. The van der Waals surface area contributed by atoms with Gasteiger partial charge in [0.15, 0.2) is 0 Å². The van der Waals surface area contributed by atoms with Crippen LogP contribution in [0.1, 0.15) is 6.92 Å². The largest absolute Gasteiger partial charge is 0.467 e. The smallest absolute Gasteiger partial charge is 0.320 e. The number of nitrogens with zero attached hydrogens (tertiary/aromatic N) is 3. The number of hydrogen-bond acceptors (Lipinski definition) is 5. The van der Waals surface area contributed by atoms with Crippen LogP contribution in [0.5, 0.6) is 6.01 Å². The predicted octanol–water partition coefficient (Wildman–Crippen LogP) is 0.312. The van der Waals surface area contributed by atoms with E-state index in [2.05, 4.69) is 20.3 Å². The first-order valence-electron chi connectivity index (χ1n) is 3.33. The first-order valence-corrected chi connectivity index (χ1v) is 3.33. The Kier molecular flexibility index (Phi) is 2.59. The van der Waals surface area contributed by atoms with Crippen molar-refractivity contribution in [1.82, 2.24) is 15.0 Å². The molecular weight excluding hydrogens is 144 g/mol. The zero-order valence-corrected chi connectivity index (χ0v) is 6.53. The third-order valence-electron chi connectivity index (χ3n) is 1.07. The van der Waals surface area contributed by atoms with Gasteiger partial charge in [0.2, 0.25) is 5.95 Å². The van der Waals surface area contributed by atoms with Gasteiger partial charge in [-0.15, -0.1) is 0 Å². The lowest BCUT2D eigenvalue weighted by Gasteiger charge is -2.00. The number of anilines is 1. The van der Waals surface area contributed by atoms with E-state index in [1.165, 1.54) is 13.4 Å². The van der Waals surface area contributed by atoms with E-state index in [-0.39, 0.29) is 0 Å². The molecule has 1 aromatic heterocycles. The lowest BCUT2D eigenvalue weighted by molar-refractivity contribution is 0.378. The molecule has 0 bridgehead atoms. The number of rotatable bonds is 3. The minimum absolute atomic E-state index is 0.330. The molecule has 0 aliphatic heterocycles. The van der Waals surface area contributed by atoms with E-state index >= 15 is 0 Å². The molecule has 0 aromatic carbocycles. The van der Waals surface area contributed by atoms with Crippen molar-refractivity contribution in [3.63, 3.8) is 0 Å². The van der Waals surface area contributed by atoms with Crippen LogP contribution in [0.3, 0.4) is 0 Å². The Hall–Kier alpha value is -1.39. The van der Waals surface area contributed by atoms with Crippen molar-refractivity contribution in [2.75, 3.05) is 19.0 Å². The molecule has 5 nitrogen and oxygen atoms in total. The molecule has 0 amide bonds. The van der Waals surface area contributed by atoms with Crippen LogP contribution in [0.2, 0.25) is 0 Å². The second-order valence-electron chi connectivity index (χ2n) is 1.83. The van der Waals surface area contributed by atoms with E-state index in [1.807, 2.05) is 6.92 Å². The fourth-order valence-corrected chi connectivity index (χ4v) is 0.623. The highest BCUT2D eigenvalue weighted by Crippen LogP contribution is 2.01. The van der Waals surface area contributed by atoms with E-state index < -0.39 is 0 Å². The van der Waals surface area contributed by atoms with Crippen molar-refractivity contribution < 1.29 is 4.74 Å². The Bertz CT molecular complexity index is 228. The van der Waals surface area contributed by atoms with Crippen LogP contribution in [-0.2, 0) is 0 Å². The Balaban J connectivity index is 2.74. The zero-order chi connectivity index (χ0) is 8.10. The summed E-state index contributed by atoms with van der Waals surface area (Å²) < 4.78 is 4.80. The summed E-state index contributed by atoms with van der Waals surface area (Å²) in [6.45, 7) is 2.75. The molecular formula is C6H10N4O. The van der Waals surface area contributed by atoms with Crippen LogP contribution in [0.4, 0.5) is 5.95 Å². The number of nitrogens with one attached hydrogen (secondary N) is 1. The quantitative estimate of drug-likeness (QED) is 0.679. The third kappa shape index (κ3) is 2.03. The molecule has 1 N–H and O–H groups in total. The van der Waals surface area contributed by atoms with Crippen LogP contribution in [0, 0.1) is 0 Å². The highest BCUT2D eigenvalue weighted by molar-refractivity contribution is 5.22. The maximum absolute atomic E-state index is 4.80. The third-order valence-corrected chi connectivity index (χ3v) is 1.07. The van der Waals surface area contributed by atoms with Crippen LogP contribution < -0.4 is 10.1 Å². The molecule has 0 radical (unpaired) electrons. The highest BCUT2D eigenvalue weighted by Gasteiger charge is 1.96. The van der Waals surface area contributed by atoms with Crippen LogP contribution in [0.15, 0.2) is 6.33 Å². The van der Waals surface area contributed by atoms with Crippen molar-refractivity contribution in [2.45, 2.75) is 6.92 Å². The molecule has 0 aliphatic rings. The molecule has 0 atom stereocenters. The summed E-state index contributed by atoms with van der Waals surface area (Å²) in [5, 5.41) is 2.94. The molecule has 0 aliphatic carbocycles. The fraction of sp³-hybridized carbons (Fsp3) is 0.500. The van der Waals surface area contributed by atoms with Gasteiger partial charge in [0.05, 0.1) is 7.11 Å². The molecule has 0 unspecified atom stereocenters. The van der Waals surface area contributed by atoms with Crippen molar-refractivity contribution in [3.8, 4) is 6.01 Å². The Morgan fingerprint density at radius 1 is 1.55 bits per heavy atom.